The first kappa shape index (κ1) is 14.9. The maximum atomic E-state index is 8.67. The van der Waals surface area contributed by atoms with Crippen LogP contribution in [0.2, 0.25) is 0 Å². The van der Waals surface area contributed by atoms with Crippen LogP contribution >= 0.6 is 0 Å². The maximum Gasteiger partial charge on any atom is 0.0431 e. The number of aliphatic hydroxyl groups is 2. The first-order valence-corrected chi connectivity index (χ1v) is 6.56. The summed E-state index contributed by atoms with van der Waals surface area (Å²) in [6, 6.07) is 0. The molecule has 0 amide bonds. The number of unbranched alkanes of at least 4 members (excludes halogenated alkanes) is 4. The molecule has 0 radical (unpaired) electrons. The van der Waals surface area contributed by atoms with Gasteiger partial charge in [0.1, 0.15) is 0 Å². The summed E-state index contributed by atoms with van der Waals surface area (Å²) in [4.78, 5) is 0. The quantitative estimate of drug-likeness (QED) is 0.521. The molecular weight excluding hydrogens is 188 g/mol. The largest absolute Gasteiger partial charge is 0.396 e. The van der Waals surface area contributed by atoms with E-state index in [0.29, 0.717) is 13.2 Å². The standard InChI is InChI=1S/C13H28O2/c1-2-13(9-5-3-7-11-14)10-6-4-8-12-15/h13-15H,2-12H2,1H3. The summed E-state index contributed by atoms with van der Waals surface area (Å²) in [5.41, 5.74) is 0. The van der Waals surface area contributed by atoms with E-state index < -0.39 is 0 Å². The molecule has 0 atom stereocenters. The van der Waals surface area contributed by atoms with Crippen LogP contribution in [-0.2, 0) is 0 Å². The van der Waals surface area contributed by atoms with E-state index in [4.69, 9.17) is 10.2 Å². The molecule has 0 aromatic heterocycles. The Balaban J connectivity index is 3.29. The Morgan fingerprint density at radius 3 is 1.53 bits per heavy atom. The molecule has 2 nitrogen and oxygen atoms in total. The van der Waals surface area contributed by atoms with Gasteiger partial charge in [-0.3, -0.25) is 0 Å². The second-order valence-corrected chi connectivity index (χ2v) is 4.42. The Hall–Kier alpha value is -0.0800. The number of rotatable bonds is 11. The zero-order valence-electron chi connectivity index (χ0n) is 10.2. The van der Waals surface area contributed by atoms with Gasteiger partial charge in [-0.25, -0.2) is 0 Å². The van der Waals surface area contributed by atoms with Crippen molar-refractivity contribution in [3.05, 3.63) is 0 Å². The monoisotopic (exact) mass is 216 g/mol. The fourth-order valence-corrected chi connectivity index (χ4v) is 2.00. The lowest BCUT2D eigenvalue weighted by atomic mass is 9.93. The highest BCUT2D eigenvalue weighted by molar-refractivity contribution is 4.58. The van der Waals surface area contributed by atoms with E-state index in [1.165, 1.54) is 44.9 Å². The number of hydrogen-bond acceptors (Lipinski definition) is 2. The fraction of sp³-hybridized carbons (Fsp3) is 1.00. The molecule has 92 valence electrons. The molecular formula is C13H28O2. The van der Waals surface area contributed by atoms with Gasteiger partial charge >= 0.3 is 0 Å². The van der Waals surface area contributed by atoms with Crippen LogP contribution in [0.25, 0.3) is 0 Å². The van der Waals surface area contributed by atoms with E-state index in [2.05, 4.69) is 6.92 Å². The molecule has 15 heavy (non-hydrogen) atoms. The lowest BCUT2D eigenvalue weighted by Gasteiger charge is -2.14. The molecule has 0 unspecified atom stereocenters. The lowest BCUT2D eigenvalue weighted by Crippen LogP contribution is -1.99. The van der Waals surface area contributed by atoms with E-state index in [1.807, 2.05) is 0 Å². The maximum absolute atomic E-state index is 8.67. The van der Waals surface area contributed by atoms with Gasteiger partial charge in [-0.15, -0.1) is 0 Å². The fourth-order valence-electron chi connectivity index (χ4n) is 2.00. The van der Waals surface area contributed by atoms with Crippen LogP contribution in [-0.4, -0.2) is 23.4 Å². The van der Waals surface area contributed by atoms with Crippen LogP contribution < -0.4 is 0 Å². The minimum absolute atomic E-state index is 0.341. The van der Waals surface area contributed by atoms with Gasteiger partial charge in [0.05, 0.1) is 0 Å². The van der Waals surface area contributed by atoms with Crippen molar-refractivity contribution < 1.29 is 10.2 Å². The second kappa shape index (κ2) is 12.0. The van der Waals surface area contributed by atoms with Gasteiger partial charge in [-0.2, -0.15) is 0 Å². The highest BCUT2D eigenvalue weighted by atomic mass is 16.3. The van der Waals surface area contributed by atoms with Crippen molar-refractivity contribution in [1.82, 2.24) is 0 Å². The first-order valence-electron chi connectivity index (χ1n) is 6.56. The van der Waals surface area contributed by atoms with Crippen molar-refractivity contribution in [2.24, 2.45) is 5.92 Å². The van der Waals surface area contributed by atoms with Crippen LogP contribution in [0.5, 0.6) is 0 Å². The molecule has 2 heteroatoms. The molecule has 0 saturated carbocycles. The van der Waals surface area contributed by atoms with Crippen molar-refractivity contribution in [2.45, 2.75) is 64.7 Å². The van der Waals surface area contributed by atoms with E-state index >= 15 is 0 Å². The van der Waals surface area contributed by atoms with E-state index in [-0.39, 0.29) is 0 Å². The number of hydrogen-bond donors (Lipinski definition) is 2. The van der Waals surface area contributed by atoms with Crippen LogP contribution in [0.4, 0.5) is 0 Å². The zero-order valence-corrected chi connectivity index (χ0v) is 10.2. The van der Waals surface area contributed by atoms with Gasteiger partial charge < -0.3 is 10.2 Å². The van der Waals surface area contributed by atoms with Crippen LogP contribution in [0.3, 0.4) is 0 Å². The molecule has 0 aromatic carbocycles. The summed E-state index contributed by atoms with van der Waals surface area (Å²) >= 11 is 0. The SMILES string of the molecule is CCC(CCCCCO)CCCCCO. The van der Waals surface area contributed by atoms with Gasteiger partial charge in [0.15, 0.2) is 0 Å². The predicted molar refractivity (Wildman–Crippen MR) is 64.9 cm³/mol. The predicted octanol–water partition coefficient (Wildman–Crippen LogP) is 3.12. The summed E-state index contributed by atoms with van der Waals surface area (Å²) in [7, 11) is 0. The summed E-state index contributed by atoms with van der Waals surface area (Å²) < 4.78 is 0. The van der Waals surface area contributed by atoms with Crippen molar-refractivity contribution in [3.63, 3.8) is 0 Å². The Labute approximate surface area is 94.7 Å². The minimum atomic E-state index is 0.341. The smallest absolute Gasteiger partial charge is 0.0431 e. The van der Waals surface area contributed by atoms with Gasteiger partial charge in [-0.1, -0.05) is 51.9 Å². The topological polar surface area (TPSA) is 40.5 Å². The van der Waals surface area contributed by atoms with Crippen molar-refractivity contribution >= 4 is 0 Å². The molecule has 0 bridgehead atoms. The summed E-state index contributed by atoms with van der Waals surface area (Å²) in [6.07, 6.45) is 10.7. The first-order chi connectivity index (χ1) is 7.35. The molecule has 0 aliphatic rings. The highest BCUT2D eigenvalue weighted by Crippen LogP contribution is 2.20. The molecule has 0 aliphatic heterocycles. The van der Waals surface area contributed by atoms with Crippen molar-refractivity contribution in [3.8, 4) is 0 Å². The Kier molecular flexibility index (Phi) is 11.9. The van der Waals surface area contributed by atoms with Gasteiger partial charge in [0.2, 0.25) is 0 Å². The molecule has 0 aromatic rings. The third kappa shape index (κ3) is 10.2. The average molecular weight is 216 g/mol. The molecule has 0 aliphatic carbocycles. The van der Waals surface area contributed by atoms with Crippen molar-refractivity contribution in [1.29, 1.82) is 0 Å². The van der Waals surface area contributed by atoms with E-state index in [9.17, 15) is 0 Å². The minimum Gasteiger partial charge on any atom is -0.396 e. The second-order valence-electron chi connectivity index (χ2n) is 4.42. The molecule has 2 N–H and O–H groups in total. The molecule has 0 heterocycles. The van der Waals surface area contributed by atoms with Crippen LogP contribution in [0.15, 0.2) is 0 Å². The average Bonchev–Trinajstić information content (AvgIpc) is 2.27. The number of aliphatic hydroxyl groups excluding tert-OH is 2. The van der Waals surface area contributed by atoms with Gasteiger partial charge in [0.25, 0.3) is 0 Å². The molecule has 0 saturated heterocycles. The van der Waals surface area contributed by atoms with E-state index in [1.54, 1.807) is 0 Å². The normalized spacial score (nSPS) is 11.2. The third-order valence-electron chi connectivity index (χ3n) is 3.12. The van der Waals surface area contributed by atoms with Crippen LogP contribution in [0, 0.1) is 5.92 Å². The Morgan fingerprint density at radius 1 is 0.733 bits per heavy atom. The Bertz CT molecular complexity index is 103. The summed E-state index contributed by atoms with van der Waals surface area (Å²) in [5, 5.41) is 17.3. The molecule has 0 spiro atoms. The highest BCUT2D eigenvalue weighted by Gasteiger charge is 2.05. The summed E-state index contributed by atoms with van der Waals surface area (Å²) in [5.74, 6) is 0.863. The zero-order chi connectivity index (χ0) is 11.4. The van der Waals surface area contributed by atoms with Crippen LogP contribution in [0.1, 0.15) is 64.7 Å². The van der Waals surface area contributed by atoms with Gasteiger partial charge in [-0.05, 0) is 18.8 Å². The Morgan fingerprint density at radius 2 is 1.20 bits per heavy atom. The lowest BCUT2D eigenvalue weighted by molar-refractivity contribution is 0.275. The van der Waals surface area contributed by atoms with E-state index in [0.717, 1.165) is 18.8 Å². The third-order valence-corrected chi connectivity index (χ3v) is 3.12. The molecule has 0 fully saturated rings. The van der Waals surface area contributed by atoms with Gasteiger partial charge in [0, 0.05) is 13.2 Å². The van der Waals surface area contributed by atoms with Crippen molar-refractivity contribution in [2.75, 3.05) is 13.2 Å². The molecule has 0 rings (SSSR count). The summed E-state index contributed by atoms with van der Waals surface area (Å²) in [6.45, 7) is 2.95.